The number of benzene rings is 1. The number of aryl methyl sites for hydroxylation is 1. The Bertz CT molecular complexity index is 779. The summed E-state index contributed by atoms with van der Waals surface area (Å²) in [6.07, 6.45) is 0. The lowest BCUT2D eigenvalue weighted by molar-refractivity contribution is 0.394. The summed E-state index contributed by atoms with van der Waals surface area (Å²) >= 11 is 1.32. The number of ether oxygens (including phenoxy) is 2. The molecule has 0 saturated heterocycles. The summed E-state index contributed by atoms with van der Waals surface area (Å²) in [5, 5.41) is 16.1. The Morgan fingerprint density at radius 3 is 2.30 bits per heavy atom. The summed E-state index contributed by atoms with van der Waals surface area (Å²) < 4.78 is 21.4. The van der Waals surface area contributed by atoms with Gasteiger partial charge in [-0.3, -0.25) is 0 Å². The maximum absolute atomic E-state index is 5.64. The van der Waals surface area contributed by atoms with Gasteiger partial charge in [0.25, 0.3) is 5.22 Å². The van der Waals surface area contributed by atoms with Crippen LogP contribution in [0, 0.1) is 6.92 Å². The van der Waals surface area contributed by atoms with Crippen molar-refractivity contribution in [2.45, 2.75) is 17.9 Å². The van der Waals surface area contributed by atoms with Crippen LogP contribution in [-0.2, 0) is 5.75 Å². The molecule has 1 aromatic carbocycles. The molecule has 0 saturated carbocycles. The van der Waals surface area contributed by atoms with Crippen LogP contribution in [0.3, 0.4) is 0 Å². The third-order valence-electron chi connectivity index (χ3n) is 2.89. The molecule has 2 aromatic heterocycles. The van der Waals surface area contributed by atoms with Crippen LogP contribution in [0.25, 0.3) is 11.5 Å². The van der Waals surface area contributed by atoms with Crippen molar-refractivity contribution in [1.29, 1.82) is 0 Å². The van der Waals surface area contributed by atoms with Crippen LogP contribution in [0.2, 0.25) is 0 Å². The number of hydrogen-bond acceptors (Lipinski definition) is 9. The average Bonchev–Trinajstić information content (AvgIpc) is 3.21. The summed E-state index contributed by atoms with van der Waals surface area (Å²) in [6, 6.07) is 5.37. The molecule has 0 aliphatic heterocycles. The molecule has 0 aliphatic rings. The molecule has 3 aromatic rings. The third kappa shape index (κ3) is 3.62. The van der Waals surface area contributed by atoms with Gasteiger partial charge in [-0.15, -0.1) is 20.4 Å². The first-order valence-electron chi connectivity index (χ1n) is 6.66. The van der Waals surface area contributed by atoms with Gasteiger partial charge in [-0.05, 0) is 12.1 Å². The summed E-state index contributed by atoms with van der Waals surface area (Å²) in [5.41, 5.74) is 0.717. The number of rotatable bonds is 6. The van der Waals surface area contributed by atoms with Crippen molar-refractivity contribution in [2.75, 3.05) is 14.2 Å². The minimum atomic E-state index is 0.381. The second-order valence-corrected chi connectivity index (χ2v) is 5.40. The molecule has 0 radical (unpaired) electrons. The summed E-state index contributed by atoms with van der Waals surface area (Å²) in [6.45, 7) is 1.74. The number of nitrogens with zero attached hydrogens (tertiary/aromatic N) is 4. The average molecular weight is 334 g/mol. The molecule has 120 valence electrons. The van der Waals surface area contributed by atoms with Crippen LogP contribution in [0.1, 0.15) is 11.8 Å². The quantitative estimate of drug-likeness (QED) is 0.630. The van der Waals surface area contributed by atoms with E-state index in [2.05, 4.69) is 20.4 Å². The summed E-state index contributed by atoms with van der Waals surface area (Å²) in [5.74, 6) is 3.17. The van der Waals surface area contributed by atoms with Crippen molar-refractivity contribution >= 4 is 11.8 Å². The molecule has 8 nitrogen and oxygen atoms in total. The predicted octanol–water partition coefficient (Wildman–Crippen LogP) is 2.74. The topological polar surface area (TPSA) is 96.3 Å². The van der Waals surface area contributed by atoms with Gasteiger partial charge in [-0.25, -0.2) is 0 Å². The van der Waals surface area contributed by atoms with Crippen molar-refractivity contribution < 1.29 is 18.3 Å². The number of aromatic nitrogens is 4. The zero-order valence-corrected chi connectivity index (χ0v) is 13.6. The highest BCUT2D eigenvalue weighted by molar-refractivity contribution is 7.98. The molecule has 3 rings (SSSR count). The molecule has 0 amide bonds. The SMILES string of the molecule is COc1cc(OC)cc(-c2nnc(SCc3nnc(C)o3)o2)c1. The summed E-state index contributed by atoms with van der Waals surface area (Å²) in [7, 11) is 3.17. The van der Waals surface area contributed by atoms with Crippen molar-refractivity contribution in [3.63, 3.8) is 0 Å². The van der Waals surface area contributed by atoms with Gasteiger partial charge in [0.05, 0.1) is 20.0 Å². The van der Waals surface area contributed by atoms with Crippen molar-refractivity contribution in [1.82, 2.24) is 20.4 Å². The second kappa shape index (κ2) is 6.69. The maximum atomic E-state index is 5.64. The molecule has 9 heteroatoms. The zero-order valence-electron chi connectivity index (χ0n) is 12.8. The fourth-order valence-electron chi connectivity index (χ4n) is 1.83. The first-order chi connectivity index (χ1) is 11.2. The van der Waals surface area contributed by atoms with Crippen molar-refractivity contribution in [3.8, 4) is 23.0 Å². The molecule has 0 bridgehead atoms. The van der Waals surface area contributed by atoms with Crippen LogP contribution in [0.4, 0.5) is 0 Å². The van der Waals surface area contributed by atoms with Crippen LogP contribution >= 0.6 is 11.8 Å². The van der Waals surface area contributed by atoms with E-state index in [4.69, 9.17) is 18.3 Å². The highest BCUT2D eigenvalue weighted by Gasteiger charge is 2.13. The Hall–Kier alpha value is -2.55. The molecule has 0 spiro atoms. The first kappa shape index (κ1) is 15.3. The molecular formula is C14H14N4O4S. The number of thioether (sulfide) groups is 1. The van der Waals surface area contributed by atoms with Crippen molar-refractivity contribution in [3.05, 3.63) is 30.0 Å². The minimum Gasteiger partial charge on any atom is -0.497 e. The van der Waals surface area contributed by atoms with E-state index in [1.165, 1.54) is 11.8 Å². The molecule has 0 fully saturated rings. The largest absolute Gasteiger partial charge is 0.497 e. The Labute approximate surface area is 136 Å². The summed E-state index contributed by atoms with van der Waals surface area (Å²) in [4.78, 5) is 0. The Morgan fingerprint density at radius 2 is 1.70 bits per heavy atom. The van der Waals surface area contributed by atoms with Crippen LogP contribution in [0.15, 0.2) is 32.3 Å². The minimum absolute atomic E-state index is 0.381. The van der Waals surface area contributed by atoms with Gasteiger partial charge in [0.15, 0.2) is 0 Å². The Kier molecular flexibility index (Phi) is 4.47. The van der Waals surface area contributed by atoms with Gasteiger partial charge < -0.3 is 18.3 Å². The maximum Gasteiger partial charge on any atom is 0.277 e. The lowest BCUT2D eigenvalue weighted by Gasteiger charge is -2.05. The molecule has 0 atom stereocenters. The van der Waals surface area contributed by atoms with E-state index >= 15 is 0 Å². The van der Waals surface area contributed by atoms with Crippen LogP contribution in [-0.4, -0.2) is 34.6 Å². The van der Waals surface area contributed by atoms with E-state index in [9.17, 15) is 0 Å². The lowest BCUT2D eigenvalue weighted by atomic mass is 10.2. The van der Waals surface area contributed by atoms with E-state index in [0.29, 0.717) is 45.7 Å². The Balaban J connectivity index is 1.76. The Morgan fingerprint density at radius 1 is 0.957 bits per heavy atom. The van der Waals surface area contributed by atoms with E-state index < -0.39 is 0 Å². The highest BCUT2D eigenvalue weighted by atomic mass is 32.2. The fraction of sp³-hybridized carbons (Fsp3) is 0.286. The van der Waals surface area contributed by atoms with Gasteiger partial charge in [0.2, 0.25) is 17.7 Å². The zero-order chi connectivity index (χ0) is 16.2. The molecular weight excluding hydrogens is 320 g/mol. The van der Waals surface area contributed by atoms with Crippen LogP contribution in [0.5, 0.6) is 11.5 Å². The smallest absolute Gasteiger partial charge is 0.277 e. The number of hydrogen-bond donors (Lipinski definition) is 0. The lowest BCUT2D eigenvalue weighted by Crippen LogP contribution is -1.88. The van der Waals surface area contributed by atoms with E-state index in [1.807, 2.05) is 0 Å². The highest BCUT2D eigenvalue weighted by Crippen LogP contribution is 2.31. The third-order valence-corrected chi connectivity index (χ3v) is 3.70. The van der Waals surface area contributed by atoms with Gasteiger partial charge in [-0.1, -0.05) is 11.8 Å². The van der Waals surface area contributed by atoms with Gasteiger partial charge in [0.1, 0.15) is 11.5 Å². The van der Waals surface area contributed by atoms with Gasteiger partial charge in [0, 0.05) is 18.6 Å². The van der Waals surface area contributed by atoms with Crippen LogP contribution < -0.4 is 9.47 Å². The molecule has 2 heterocycles. The molecule has 0 unspecified atom stereocenters. The monoisotopic (exact) mass is 334 g/mol. The normalized spacial score (nSPS) is 10.7. The van der Waals surface area contributed by atoms with Crippen molar-refractivity contribution in [2.24, 2.45) is 0 Å². The molecule has 0 N–H and O–H groups in total. The molecule has 23 heavy (non-hydrogen) atoms. The predicted molar refractivity (Wildman–Crippen MR) is 81.4 cm³/mol. The van der Waals surface area contributed by atoms with Gasteiger partial charge in [-0.2, -0.15) is 0 Å². The second-order valence-electron chi connectivity index (χ2n) is 4.48. The first-order valence-corrected chi connectivity index (χ1v) is 7.65. The van der Waals surface area contributed by atoms with Gasteiger partial charge >= 0.3 is 0 Å². The van der Waals surface area contributed by atoms with E-state index in [0.717, 1.165) is 0 Å². The van der Waals surface area contributed by atoms with E-state index in [-0.39, 0.29) is 0 Å². The fourth-order valence-corrected chi connectivity index (χ4v) is 2.44. The van der Waals surface area contributed by atoms with E-state index in [1.54, 1.807) is 39.3 Å². The number of methoxy groups -OCH3 is 2. The standard InChI is InChI=1S/C14H14N4O4S/c1-8-15-16-12(21-8)7-23-14-18-17-13(22-14)9-4-10(19-2)6-11(5-9)20-3/h4-6H,7H2,1-3H3. The molecule has 0 aliphatic carbocycles.